The van der Waals surface area contributed by atoms with Crippen molar-refractivity contribution in [2.75, 3.05) is 26.2 Å². The Morgan fingerprint density at radius 2 is 1.81 bits per heavy atom. The zero-order valence-corrected chi connectivity index (χ0v) is 15.6. The van der Waals surface area contributed by atoms with Gasteiger partial charge in [0.2, 0.25) is 5.91 Å². The molecule has 5 nitrogen and oxygen atoms in total. The van der Waals surface area contributed by atoms with Gasteiger partial charge >= 0.3 is 0 Å². The average molecular weight is 362 g/mol. The van der Waals surface area contributed by atoms with Crippen LogP contribution in [0.2, 0.25) is 0 Å². The lowest BCUT2D eigenvalue weighted by atomic mass is 10.1. The molecule has 0 spiro atoms. The standard InChI is InChI=1S/C22H26N4O/c27-22(7-3-4-19-16-24-21-6-2-1-5-20(19)21)26-14-12-25(13-15-26)17-18-8-10-23-11-9-18/h1-2,5-6,8-11,16,24H,3-4,7,12-15,17H2. The van der Waals surface area contributed by atoms with E-state index in [4.69, 9.17) is 0 Å². The van der Waals surface area contributed by atoms with Gasteiger partial charge in [0, 0.05) is 68.6 Å². The predicted octanol–water partition coefficient (Wildman–Crippen LogP) is 3.23. The Morgan fingerprint density at radius 1 is 1.04 bits per heavy atom. The van der Waals surface area contributed by atoms with Crippen LogP contribution in [0.25, 0.3) is 10.9 Å². The summed E-state index contributed by atoms with van der Waals surface area (Å²) in [5.41, 5.74) is 3.76. The molecule has 1 saturated heterocycles. The summed E-state index contributed by atoms with van der Waals surface area (Å²) in [6.45, 7) is 4.48. The van der Waals surface area contributed by atoms with Crippen molar-refractivity contribution >= 4 is 16.8 Å². The van der Waals surface area contributed by atoms with Gasteiger partial charge in [0.15, 0.2) is 0 Å². The molecule has 0 unspecified atom stereocenters. The molecular formula is C22H26N4O. The Bertz CT molecular complexity index is 881. The van der Waals surface area contributed by atoms with Crippen LogP contribution in [-0.2, 0) is 17.8 Å². The van der Waals surface area contributed by atoms with Crippen LogP contribution in [0.4, 0.5) is 0 Å². The van der Waals surface area contributed by atoms with E-state index in [9.17, 15) is 4.79 Å². The molecule has 1 fully saturated rings. The van der Waals surface area contributed by atoms with Gasteiger partial charge in [-0.05, 0) is 42.2 Å². The van der Waals surface area contributed by atoms with Gasteiger partial charge in [-0.15, -0.1) is 0 Å². The number of amides is 1. The topological polar surface area (TPSA) is 52.2 Å². The van der Waals surface area contributed by atoms with Crippen LogP contribution in [0.5, 0.6) is 0 Å². The third-order valence-electron chi connectivity index (χ3n) is 5.39. The lowest BCUT2D eigenvalue weighted by molar-refractivity contribution is -0.133. The number of piperazine rings is 1. The Hall–Kier alpha value is -2.66. The monoisotopic (exact) mass is 362 g/mol. The second kappa shape index (κ2) is 8.35. The van der Waals surface area contributed by atoms with Crippen LogP contribution in [0.3, 0.4) is 0 Å². The first-order chi connectivity index (χ1) is 13.3. The quantitative estimate of drug-likeness (QED) is 0.732. The van der Waals surface area contributed by atoms with Crippen molar-refractivity contribution in [2.24, 2.45) is 0 Å². The number of benzene rings is 1. The fourth-order valence-corrected chi connectivity index (χ4v) is 3.83. The van der Waals surface area contributed by atoms with E-state index in [1.165, 1.54) is 22.0 Å². The molecule has 140 valence electrons. The van der Waals surface area contributed by atoms with E-state index in [0.717, 1.165) is 45.6 Å². The molecule has 1 aliphatic heterocycles. The summed E-state index contributed by atoms with van der Waals surface area (Å²) in [7, 11) is 0. The number of aromatic nitrogens is 2. The SMILES string of the molecule is O=C(CCCc1c[nH]c2ccccc12)N1CCN(Cc2ccncc2)CC1. The molecular weight excluding hydrogens is 336 g/mol. The molecule has 5 heteroatoms. The first-order valence-corrected chi connectivity index (χ1v) is 9.73. The van der Waals surface area contributed by atoms with Crippen molar-refractivity contribution in [3.63, 3.8) is 0 Å². The Balaban J connectivity index is 1.21. The molecule has 0 aliphatic carbocycles. The molecule has 27 heavy (non-hydrogen) atoms. The summed E-state index contributed by atoms with van der Waals surface area (Å²) in [5.74, 6) is 0.290. The lowest BCUT2D eigenvalue weighted by Crippen LogP contribution is -2.48. The van der Waals surface area contributed by atoms with E-state index < -0.39 is 0 Å². The minimum atomic E-state index is 0.290. The van der Waals surface area contributed by atoms with Gasteiger partial charge in [-0.3, -0.25) is 14.7 Å². The largest absolute Gasteiger partial charge is 0.361 e. The Morgan fingerprint density at radius 3 is 2.63 bits per heavy atom. The van der Waals surface area contributed by atoms with Crippen molar-refractivity contribution in [2.45, 2.75) is 25.8 Å². The average Bonchev–Trinajstić information content (AvgIpc) is 3.12. The molecule has 1 N–H and O–H groups in total. The molecule has 0 bridgehead atoms. The highest BCUT2D eigenvalue weighted by molar-refractivity contribution is 5.83. The van der Waals surface area contributed by atoms with Crippen LogP contribution >= 0.6 is 0 Å². The molecule has 1 aliphatic rings. The second-order valence-corrected chi connectivity index (χ2v) is 7.23. The molecule has 4 rings (SSSR count). The predicted molar refractivity (Wildman–Crippen MR) is 107 cm³/mol. The van der Waals surface area contributed by atoms with Gasteiger partial charge < -0.3 is 9.88 Å². The molecule has 3 aromatic rings. The van der Waals surface area contributed by atoms with Gasteiger partial charge in [0.05, 0.1) is 0 Å². The number of rotatable bonds is 6. The minimum Gasteiger partial charge on any atom is -0.361 e. The number of nitrogens with one attached hydrogen (secondary N) is 1. The van der Waals surface area contributed by atoms with Crippen LogP contribution < -0.4 is 0 Å². The van der Waals surface area contributed by atoms with E-state index in [2.05, 4.69) is 51.4 Å². The van der Waals surface area contributed by atoms with Crippen LogP contribution in [0, 0.1) is 0 Å². The van der Waals surface area contributed by atoms with Crippen LogP contribution in [-0.4, -0.2) is 51.9 Å². The first kappa shape index (κ1) is 17.7. The van der Waals surface area contributed by atoms with Gasteiger partial charge in [0.25, 0.3) is 0 Å². The highest BCUT2D eigenvalue weighted by Gasteiger charge is 2.20. The third kappa shape index (κ3) is 4.37. The molecule has 1 amide bonds. The summed E-state index contributed by atoms with van der Waals surface area (Å²) < 4.78 is 0. The van der Waals surface area contributed by atoms with E-state index >= 15 is 0 Å². The van der Waals surface area contributed by atoms with Crippen LogP contribution in [0.15, 0.2) is 55.0 Å². The van der Waals surface area contributed by atoms with E-state index in [0.29, 0.717) is 12.3 Å². The van der Waals surface area contributed by atoms with Gasteiger partial charge in [-0.1, -0.05) is 18.2 Å². The van der Waals surface area contributed by atoms with Crippen molar-refractivity contribution in [3.8, 4) is 0 Å². The maximum atomic E-state index is 12.5. The second-order valence-electron chi connectivity index (χ2n) is 7.23. The first-order valence-electron chi connectivity index (χ1n) is 9.73. The zero-order chi connectivity index (χ0) is 18.5. The maximum Gasteiger partial charge on any atom is 0.222 e. The fraction of sp³-hybridized carbons (Fsp3) is 0.364. The smallest absolute Gasteiger partial charge is 0.222 e. The number of para-hydroxylation sites is 1. The summed E-state index contributed by atoms with van der Waals surface area (Å²) in [4.78, 5) is 24.4. The third-order valence-corrected chi connectivity index (χ3v) is 5.39. The molecule has 0 saturated carbocycles. The van der Waals surface area contributed by atoms with Crippen molar-refractivity contribution < 1.29 is 4.79 Å². The number of pyridine rings is 1. The Kier molecular flexibility index (Phi) is 5.49. The number of H-pyrrole nitrogens is 1. The number of hydrogen-bond donors (Lipinski definition) is 1. The number of nitrogens with zero attached hydrogens (tertiary/aromatic N) is 3. The van der Waals surface area contributed by atoms with Crippen molar-refractivity contribution in [1.82, 2.24) is 19.8 Å². The number of aromatic amines is 1. The molecule has 0 radical (unpaired) electrons. The highest BCUT2D eigenvalue weighted by atomic mass is 16.2. The molecule has 0 atom stereocenters. The number of fused-ring (bicyclic) bond motifs is 1. The van der Waals surface area contributed by atoms with Crippen LogP contribution in [0.1, 0.15) is 24.0 Å². The van der Waals surface area contributed by atoms with Crippen molar-refractivity contribution in [1.29, 1.82) is 0 Å². The fourth-order valence-electron chi connectivity index (χ4n) is 3.83. The lowest BCUT2D eigenvalue weighted by Gasteiger charge is -2.34. The summed E-state index contributed by atoms with van der Waals surface area (Å²) >= 11 is 0. The minimum absolute atomic E-state index is 0.290. The van der Waals surface area contributed by atoms with Crippen molar-refractivity contribution in [3.05, 3.63) is 66.1 Å². The van der Waals surface area contributed by atoms with E-state index in [1.807, 2.05) is 23.4 Å². The summed E-state index contributed by atoms with van der Waals surface area (Å²) in [6.07, 6.45) is 8.22. The number of hydrogen-bond acceptors (Lipinski definition) is 3. The normalized spacial score (nSPS) is 15.3. The zero-order valence-electron chi connectivity index (χ0n) is 15.6. The highest BCUT2D eigenvalue weighted by Crippen LogP contribution is 2.20. The van der Waals surface area contributed by atoms with E-state index in [1.54, 1.807) is 0 Å². The van der Waals surface area contributed by atoms with Gasteiger partial charge in [-0.2, -0.15) is 0 Å². The number of aryl methyl sites for hydroxylation is 1. The van der Waals surface area contributed by atoms with Gasteiger partial charge in [-0.25, -0.2) is 0 Å². The molecule has 3 heterocycles. The number of carbonyl (C=O) groups is 1. The maximum absolute atomic E-state index is 12.5. The van der Waals surface area contributed by atoms with Gasteiger partial charge in [0.1, 0.15) is 0 Å². The summed E-state index contributed by atoms with van der Waals surface area (Å²) in [6, 6.07) is 12.5. The van der Waals surface area contributed by atoms with E-state index in [-0.39, 0.29) is 0 Å². The molecule has 1 aromatic carbocycles. The number of carbonyl (C=O) groups excluding carboxylic acids is 1. The Labute approximate surface area is 160 Å². The molecule has 2 aromatic heterocycles. The summed E-state index contributed by atoms with van der Waals surface area (Å²) in [5, 5.41) is 1.27.